The minimum absolute atomic E-state index is 0.0520. The summed E-state index contributed by atoms with van der Waals surface area (Å²) >= 11 is 0. The molecule has 0 radical (unpaired) electrons. The van der Waals surface area contributed by atoms with Crippen LogP contribution in [-0.4, -0.2) is 30.6 Å². The third kappa shape index (κ3) is 7.34. The molecule has 0 aliphatic rings. The lowest BCUT2D eigenvalue weighted by Gasteiger charge is -2.24. The quantitative estimate of drug-likeness (QED) is 0.203. The molecule has 0 aliphatic carbocycles. The zero-order chi connectivity index (χ0) is 24.4. The lowest BCUT2D eigenvalue weighted by Crippen LogP contribution is -2.39. The Labute approximate surface area is 201 Å². The van der Waals surface area contributed by atoms with E-state index < -0.39 is 11.6 Å². The van der Waals surface area contributed by atoms with Crippen LogP contribution >= 0.6 is 0 Å². The van der Waals surface area contributed by atoms with Gasteiger partial charge in [-0.05, 0) is 74.4 Å². The smallest absolute Gasteiger partial charge is 0.349 e. The normalized spacial score (nSPS) is 11.3. The Hall–Kier alpha value is -3.86. The van der Waals surface area contributed by atoms with Crippen molar-refractivity contribution in [3.8, 4) is 11.5 Å². The molecule has 3 rings (SSSR count). The topological polar surface area (TPSA) is 61.8 Å². The number of rotatable bonds is 11. The number of carbonyl (C=O) groups excluding carboxylic acids is 2. The van der Waals surface area contributed by atoms with Crippen LogP contribution in [0.25, 0.3) is 6.08 Å². The van der Waals surface area contributed by atoms with Gasteiger partial charge in [-0.25, -0.2) is 4.79 Å². The maximum Gasteiger partial charge on any atom is 0.349 e. The van der Waals surface area contributed by atoms with E-state index in [0.29, 0.717) is 36.7 Å². The molecule has 0 heterocycles. The summed E-state index contributed by atoms with van der Waals surface area (Å²) in [5.74, 6) is 0.861. The van der Waals surface area contributed by atoms with Crippen LogP contribution in [0.4, 0.5) is 0 Å². The van der Waals surface area contributed by atoms with Gasteiger partial charge in [-0.1, -0.05) is 48.5 Å². The second-order valence-corrected chi connectivity index (χ2v) is 8.21. The fourth-order valence-electron chi connectivity index (χ4n) is 3.20. The van der Waals surface area contributed by atoms with Crippen molar-refractivity contribution in [1.82, 2.24) is 0 Å². The summed E-state index contributed by atoms with van der Waals surface area (Å²) in [5, 5.41) is 0. The first-order valence-corrected chi connectivity index (χ1v) is 11.3. The van der Waals surface area contributed by atoms with Crippen LogP contribution in [0.1, 0.15) is 42.3 Å². The van der Waals surface area contributed by atoms with Gasteiger partial charge in [0.05, 0.1) is 13.2 Å². The van der Waals surface area contributed by atoms with Crippen LogP contribution in [0.3, 0.4) is 0 Å². The zero-order valence-corrected chi connectivity index (χ0v) is 19.8. The molecule has 5 heteroatoms. The monoisotopic (exact) mass is 458 g/mol. The van der Waals surface area contributed by atoms with E-state index in [1.165, 1.54) is 0 Å². The molecule has 34 heavy (non-hydrogen) atoms. The number of benzene rings is 3. The van der Waals surface area contributed by atoms with E-state index in [2.05, 4.69) is 0 Å². The van der Waals surface area contributed by atoms with Gasteiger partial charge < -0.3 is 14.2 Å². The molecule has 0 bridgehead atoms. The molecule has 0 fully saturated rings. The van der Waals surface area contributed by atoms with Gasteiger partial charge in [-0.3, -0.25) is 4.79 Å². The lowest BCUT2D eigenvalue weighted by atomic mass is 10.1. The van der Waals surface area contributed by atoms with E-state index >= 15 is 0 Å². The molecule has 3 aromatic carbocycles. The number of ether oxygens (including phenoxy) is 3. The van der Waals surface area contributed by atoms with Crippen molar-refractivity contribution in [2.75, 3.05) is 13.2 Å². The summed E-state index contributed by atoms with van der Waals surface area (Å²) in [6, 6.07) is 24.4. The molecule has 0 saturated heterocycles. The van der Waals surface area contributed by atoms with Gasteiger partial charge in [0.15, 0.2) is 11.4 Å². The van der Waals surface area contributed by atoms with Gasteiger partial charge in [0.1, 0.15) is 11.5 Å². The predicted octanol–water partition coefficient (Wildman–Crippen LogP) is 5.92. The van der Waals surface area contributed by atoms with Gasteiger partial charge in [0.2, 0.25) is 0 Å². The van der Waals surface area contributed by atoms with E-state index in [1.54, 1.807) is 57.2 Å². The van der Waals surface area contributed by atoms with Crippen molar-refractivity contribution in [3.05, 3.63) is 102 Å². The minimum atomic E-state index is -1.05. The number of hydrogen-bond acceptors (Lipinski definition) is 5. The lowest BCUT2D eigenvalue weighted by molar-refractivity contribution is -0.158. The predicted molar refractivity (Wildman–Crippen MR) is 133 cm³/mol. The van der Waals surface area contributed by atoms with Gasteiger partial charge in [-0.2, -0.15) is 0 Å². The van der Waals surface area contributed by atoms with E-state index in [9.17, 15) is 9.59 Å². The molecule has 0 spiro atoms. The largest absolute Gasteiger partial charge is 0.493 e. The standard InChI is InChI=1S/C29H30O5/c1-4-32-28(31)29(2,3)34-26-15-10-23(11-16-26)20-21-33-25-17-13-24(14-18-25)27(30)19-12-22-8-6-5-7-9-22/h5-19H,4,20-21H2,1-3H3/b19-12+. The van der Waals surface area contributed by atoms with Crippen molar-refractivity contribution in [3.63, 3.8) is 0 Å². The number of hydrogen-bond donors (Lipinski definition) is 0. The maximum absolute atomic E-state index is 12.3. The van der Waals surface area contributed by atoms with Crippen LogP contribution < -0.4 is 9.47 Å². The van der Waals surface area contributed by atoms with Crippen LogP contribution in [0.5, 0.6) is 11.5 Å². The molecular weight excluding hydrogens is 428 g/mol. The number of esters is 1. The molecule has 0 saturated carbocycles. The average Bonchev–Trinajstić information content (AvgIpc) is 2.84. The first-order chi connectivity index (χ1) is 16.4. The number of ketones is 1. The molecule has 176 valence electrons. The first kappa shape index (κ1) is 24.8. The zero-order valence-electron chi connectivity index (χ0n) is 19.8. The molecule has 5 nitrogen and oxygen atoms in total. The van der Waals surface area contributed by atoms with Crippen molar-refractivity contribution >= 4 is 17.8 Å². The average molecular weight is 459 g/mol. The highest BCUT2D eigenvalue weighted by Gasteiger charge is 2.31. The number of allylic oxidation sites excluding steroid dienone is 1. The highest BCUT2D eigenvalue weighted by atomic mass is 16.6. The highest BCUT2D eigenvalue weighted by molar-refractivity contribution is 6.06. The second-order valence-electron chi connectivity index (χ2n) is 8.21. The SMILES string of the molecule is CCOC(=O)C(C)(C)Oc1ccc(CCOc2ccc(C(=O)/C=C/c3ccccc3)cc2)cc1. The Bertz CT molecular complexity index is 1100. The molecular formula is C29H30O5. The Morgan fingerprint density at radius 1 is 0.853 bits per heavy atom. The maximum atomic E-state index is 12.3. The van der Waals surface area contributed by atoms with Crippen LogP contribution in [-0.2, 0) is 16.0 Å². The molecule has 0 N–H and O–H groups in total. The summed E-state index contributed by atoms with van der Waals surface area (Å²) < 4.78 is 16.6. The van der Waals surface area contributed by atoms with E-state index in [1.807, 2.05) is 54.6 Å². The summed E-state index contributed by atoms with van der Waals surface area (Å²) in [7, 11) is 0. The molecule has 0 aliphatic heterocycles. The molecule has 0 aromatic heterocycles. The fourth-order valence-corrected chi connectivity index (χ4v) is 3.20. The van der Waals surface area contributed by atoms with E-state index in [4.69, 9.17) is 14.2 Å². The van der Waals surface area contributed by atoms with Gasteiger partial charge >= 0.3 is 5.97 Å². The molecule has 0 amide bonds. The van der Waals surface area contributed by atoms with Crippen molar-refractivity contribution < 1.29 is 23.8 Å². The number of carbonyl (C=O) groups is 2. The van der Waals surface area contributed by atoms with Gasteiger partial charge in [0, 0.05) is 12.0 Å². The summed E-state index contributed by atoms with van der Waals surface area (Å²) in [6.07, 6.45) is 4.09. The Balaban J connectivity index is 1.46. The Morgan fingerprint density at radius 2 is 1.50 bits per heavy atom. The van der Waals surface area contributed by atoms with Crippen LogP contribution in [0.2, 0.25) is 0 Å². The summed E-state index contributed by atoms with van der Waals surface area (Å²) in [5.41, 5.74) is 1.63. The summed E-state index contributed by atoms with van der Waals surface area (Å²) in [6.45, 7) is 5.95. The van der Waals surface area contributed by atoms with Crippen molar-refractivity contribution in [1.29, 1.82) is 0 Å². The minimum Gasteiger partial charge on any atom is -0.493 e. The van der Waals surface area contributed by atoms with Gasteiger partial charge in [0.25, 0.3) is 0 Å². The second kappa shape index (κ2) is 11.8. The fraction of sp³-hybridized carbons (Fsp3) is 0.241. The van der Waals surface area contributed by atoms with Crippen LogP contribution in [0.15, 0.2) is 84.9 Å². The third-order valence-electron chi connectivity index (χ3n) is 5.09. The van der Waals surface area contributed by atoms with Crippen LogP contribution in [0, 0.1) is 0 Å². The van der Waals surface area contributed by atoms with E-state index in [-0.39, 0.29) is 5.78 Å². The van der Waals surface area contributed by atoms with E-state index in [0.717, 1.165) is 11.1 Å². The van der Waals surface area contributed by atoms with Crippen molar-refractivity contribution in [2.45, 2.75) is 32.8 Å². The Kier molecular flexibility index (Phi) is 8.63. The first-order valence-electron chi connectivity index (χ1n) is 11.3. The molecule has 0 atom stereocenters. The molecule has 3 aromatic rings. The third-order valence-corrected chi connectivity index (χ3v) is 5.09. The molecule has 0 unspecified atom stereocenters. The summed E-state index contributed by atoms with van der Waals surface area (Å²) in [4.78, 5) is 24.3. The van der Waals surface area contributed by atoms with Gasteiger partial charge in [-0.15, -0.1) is 0 Å². The Morgan fingerprint density at radius 3 is 2.15 bits per heavy atom. The van der Waals surface area contributed by atoms with Crippen molar-refractivity contribution in [2.24, 2.45) is 0 Å². The highest BCUT2D eigenvalue weighted by Crippen LogP contribution is 2.21.